The third kappa shape index (κ3) is 6.56. The lowest BCUT2D eigenvalue weighted by Crippen LogP contribution is -2.49. The van der Waals surface area contributed by atoms with E-state index in [0.717, 1.165) is 18.6 Å². The highest BCUT2D eigenvalue weighted by Gasteiger charge is 2.24. The van der Waals surface area contributed by atoms with Crippen LogP contribution in [-0.2, 0) is 4.79 Å². The maximum atomic E-state index is 12.7. The zero-order valence-corrected chi connectivity index (χ0v) is 16.6. The maximum absolute atomic E-state index is 12.7. The van der Waals surface area contributed by atoms with E-state index in [4.69, 9.17) is 4.74 Å². The largest absolute Gasteiger partial charge is 0.497 e. The topological polar surface area (TPSA) is 67.4 Å². The van der Waals surface area contributed by atoms with Crippen molar-refractivity contribution in [3.63, 3.8) is 0 Å². The highest BCUT2D eigenvalue weighted by Crippen LogP contribution is 2.18. The van der Waals surface area contributed by atoms with Crippen LogP contribution < -0.4 is 15.4 Å². The molecule has 2 N–H and O–H groups in total. The fourth-order valence-electron chi connectivity index (χ4n) is 3.21. The third-order valence-electron chi connectivity index (χ3n) is 4.79. The minimum atomic E-state index is -0.500. The molecule has 1 aromatic rings. The van der Waals surface area contributed by atoms with Gasteiger partial charge in [0, 0.05) is 11.6 Å². The summed E-state index contributed by atoms with van der Waals surface area (Å²) in [7, 11) is 1.59. The summed E-state index contributed by atoms with van der Waals surface area (Å²) in [5.74, 6) is 1.24. The van der Waals surface area contributed by atoms with E-state index in [1.54, 1.807) is 43.1 Å². The lowest BCUT2D eigenvalue weighted by molar-refractivity contribution is -0.123. The van der Waals surface area contributed by atoms with Crippen LogP contribution in [-0.4, -0.2) is 43.0 Å². The summed E-state index contributed by atoms with van der Waals surface area (Å²) >= 11 is 1.68. The molecule has 1 saturated carbocycles. The van der Waals surface area contributed by atoms with E-state index >= 15 is 0 Å². The fraction of sp³-hybridized carbons (Fsp3) is 0.600. The van der Waals surface area contributed by atoms with Gasteiger partial charge in [0.1, 0.15) is 11.8 Å². The second-order valence-corrected chi connectivity index (χ2v) is 7.72. The predicted octanol–water partition coefficient (Wildman–Crippen LogP) is 3.39. The summed E-state index contributed by atoms with van der Waals surface area (Å²) in [5.41, 5.74) is 0.530. The average Bonchev–Trinajstić information content (AvgIpc) is 2.93. The maximum Gasteiger partial charge on any atom is 0.251 e. The molecule has 144 valence electrons. The Labute approximate surface area is 160 Å². The van der Waals surface area contributed by atoms with Crippen molar-refractivity contribution < 1.29 is 14.3 Å². The molecule has 6 heteroatoms. The number of hydrogen-bond acceptors (Lipinski definition) is 4. The molecule has 0 aromatic heterocycles. The smallest absolute Gasteiger partial charge is 0.251 e. The van der Waals surface area contributed by atoms with Gasteiger partial charge in [0.2, 0.25) is 5.91 Å². The van der Waals surface area contributed by atoms with Gasteiger partial charge in [-0.25, -0.2) is 0 Å². The molecule has 1 aromatic carbocycles. The van der Waals surface area contributed by atoms with Gasteiger partial charge in [-0.05, 0) is 55.5 Å². The first-order chi connectivity index (χ1) is 12.6. The number of ether oxygens (including phenoxy) is 1. The number of rotatable bonds is 8. The van der Waals surface area contributed by atoms with Crippen LogP contribution in [0.1, 0.15) is 55.3 Å². The summed E-state index contributed by atoms with van der Waals surface area (Å²) in [4.78, 5) is 25.3. The number of methoxy groups -OCH3 is 1. The highest BCUT2D eigenvalue weighted by molar-refractivity contribution is 7.98. The van der Waals surface area contributed by atoms with Crippen LogP contribution in [0.2, 0.25) is 0 Å². The van der Waals surface area contributed by atoms with E-state index in [0.29, 0.717) is 17.7 Å². The molecule has 0 radical (unpaired) electrons. The molecule has 26 heavy (non-hydrogen) atoms. The highest BCUT2D eigenvalue weighted by atomic mass is 32.2. The number of carbonyl (C=O) groups is 2. The number of carbonyl (C=O) groups excluding carboxylic acids is 2. The Bertz CT molecular complexity index is 569. The molecule has 1 atom stereocenters. The standard InChI is InChI=1S/C20H30N2O3S/c1-25-17-11-9-15(10-12-17)19(23)22-18(13-14-26-2)20(24)21-16-7-5-3-4-6-8-16/h9-12,16,18H,3-8,13-14H2,1-2H3,(H,21,24)(H,22,23)/t18-/m1/s1. The fourth-order valence-corrected chi connectivity index (χ4v) is 3.69. The van der Waals surface area contributed by atoms with Gasteiger partial charge in [-0.15, -0.1) is 0 Å². The SMILES string of the molecule is COc1ccc(C(=O)N[C@H](CCSC)C(=O)NC2CCCCCC2)cc1. The van der Waals surface area contributed by atoms with Crippen LogP contribution in [0.5, 0.6) is 5.75 Å². The van der Waals surface area contributed by atoms with E-state index in [1.165, 1.54) is 25.7 Å². The summed E-state index contributed by atoms with van der Waals surface area (Å²) in [6, 6.07) is 6.65. The number of nitrogens with one attached hydrogen (secondary N) is 2. The molecule has 1 aliphatic carbocycles. The summed E-state index contributed by atoms with van der Waals surface area (Å²) < 4.78 is 5.12. The Kier molecular flexibility index (Phi) is 8.81. The van der Waals surface area contributed by atoms with Crippen molar-refractivity contribution >= 4 is 23.6 Å². The summed E-state index contributed by atoms with van der Waals surface area (Å²) in [6.45, 7) is 0. The van der Waals surface area contributed by atoms with E-state index in [2.05, 4.69) is 10.6 Å². The number of amides is 2. The Morgan fingerprint density at radius 2 is 1.81 bits per heavy atom. The quantitative estimate of drug-likeness (QED) is 0.681. The minimum absolute atomic E-state index is 0.0622. The van der Waals surface area contributed by atoms with Crippen molar-refractivity contribution in [2.24, 2.45) is 0 Å². The average molecular weight is 379 g/mol. The normalized spacial score (nSPS) is 16.4. The molecular formula is C20H30N2O3S. The second-order valence-electron chi connectivity index (χ2n) is 6.73. The second kappa shape index (κ2) is 11.1. The molecule has 2 amide bonds. The van der Waals surface area contributed by atoms with Crippen molar-refractivity contribution in [2.75, 3.05) is 19.1 Å². The molecular weight excluding hydrogens is 348 g/mol. The third-order valence-corrected chi connectivity index (χ3v) is 5.43. The Morgan fingerprint density at radius 3 is 2.38 bits per heavy atom. The molecule has 0 unspecified atom stereocenters. The molecule has 0 heterocycles. The monoisotopic (exact) mass is 378 g/mol. The van der Waals surface area contributed by atoms with Gasteiger partial charge in [-0.1, -0.05) is 25.7 Å². The summed E-state index contributed by atoms with van der Waals surface area (Å²) in [6.07, 6.45) is 9.53. The van der Waals surface area contributed by atoms with Crippen LogP contribution in [0, 0.1) is 0 Å². The lowest BCUT2D eigenvalue weighted by atomic mass is 10.1. The van der Waals surface area contributed by atoms with Crippen LogP contribution in [0.4, 0.5) is 0 Å². The van der Waals surface area contributed by atoms with Crippen LogP contribution in [0.3, 0.4) is 0 Å². The molecule has 0 saturated heterocycles. The molecule has 0 aliphatic heterocycles. The molecule has 0 bridgehead atoms. The minimum Gasteiger partial charge on any atom is -0.497 e. The first-order valence-corrected chi connectivity index (χ1v) is 10.8. The molecule has 1 fully saturated rings. The zero-order chi connectivity index (χ0) is 18.8. The van der Waals surface area contributed by atoms with Gasteiger partial charge in [0.25, 0.3) is 5.91 Å². The van der Waals surface area contributed by atoms with Gasteiger partial charge >= 0.3 is 0 Å². The van der Waals surface area contributed by atoms with Crippen molar-refractivity contribution in [3.8, 4) is 5.75 Å². The molecule has 2 rings (SSSR count). The molecule has 5 nitrogen and oxygen atoms in total. The zero-order valence-electron chi connectivity index (χ0n) is 15.8. The van der Waals surface area contributed by atoms with Gasteiger partial charge in [-0.3, -0.25) is 9.59 Å². The Hall–Kier alpha value is -1.69. The van der Waals surface area contributed by atoms with Crippen molar-refractivity contribution in [1.29, 1.82) is 0 Å². The van der Waals surface area contributed by atoms with Crippen LogP contribution in [0.15, 0.2) is 24.3 Å². The molecule has 0 spiro atoms. The lowest BCUT2D eigenvalue weighted by Gasteiger charge is -2.22. The van der Waals surface area contributed by atoms with E-state index in [1.807, 2.05) is 6.26 Å². The number of thioether (sulfide) groups is 1. The van der Waals surface area contributed by atoms with Crippen molar-refractivity contribution in [2.45, 2.75) is 57.0 Å². The first kappa shape index (κ1) is 20.6. The van der Waals surface area contributed by atoms with Crippen LogP contribution >= 0.6 is 11.8 Å². The van der Waals surface area contributed by atoms with Gasteiger partial charge < -0.3 is 15.4 Å². The van der Waals surface area contributed by atoms with Crippen molar-refractivity contribution in [1.82, 2.24) is 10.6 Å². The van der Waals surface area contributed by atoms with Crippen LogP contribution in [0.25, 0.3) is 0 Å². The number of benzene rings is 1. The Morgan fingerprint density at radius 1 is 1.15 bits per heavy atom. The van der Waals surface area contributed by atoms with E-state index < -0.39 is 6.04 Å². The van der Waals surface area contributed by atoms with Gasteiger partial charge in [0.05, 0.1) is 7.11 Å². The first-order valence-electron chi connectivity index (χ1n) is 9.38. The Balaban J connectivity index is 1.97. The molecule has 1 aliphatic rings. The van der Waals surface area contributed by atoms with Gasteiger partial charge in [-0.2, -0.15) is 11.8 Å². The summed E-state index contributed by atoms with van der Waals surface area (Å²) in [5, 5.41) is 6.07. The number of hydrogen-bond donors (Lipinski definition) is 2. The van der Waals surface area contributed by atoms with Gasteiger partial charge in [0.15, 0.2) is 0 Å². The van der Waals surface area contributed by atoms with Crippen molar-refractivity contribution in [3.05, 3.63) is 29.8 Å². The van der Waals surface area contributed by atoms with E-state index in [-0.39, 0.29) is 17.9 Å². The van der Waals surface area contributed by atoms with E-state index in [9.17, 15) is 9.59 Å². The predicted molar refractivity (Wildman–Crippen MR) is 107 cm³/mol.